The van der Waals surface area contributed by atoms with Gasteiger partial charge in [-0.3, -0.25) is 19.7 Å². The van der Waals surface area contributed by atoms with Crippen LogP contribution in [0.5, 0.6) is 0 Å². The SMILES string of the molecule is Cl.NCc1cc(Cl)c2c(c1)C(=O)N(C1CCC(=O)NC1=O)C2. The van der Waals surface area contributed by atoms with Crippen LogP contribution in [0.3, 0.4) is 0 Å². The summed E-state index contributed by atoms with van der Waals surface area (Å²) in [6, 6.07) is 2.83. The summed E-state index contributed by atoms with van der Waals surface area (Å²) < 4.78 is 0. The van der Waals surface area contributed by atoms with E-state index in [1.807, 2.05) is 0 Å². The van der Waals surface area contributed by atoms with Gasteiger partial charge in [-0.05, 0) is 24.1 Å². The van der Waals surface area contributed by atoms with E-state index < -0.39 is 11.9 Å². The molecular formula is C14H15Cl2N3O3. The fourth-order valence-corrected chi connectivity index (χ4v) is 3.09. The van der Waals surface area contributed by atoms with Gasteiger partial charge >= 0.3 is 0 Å². The van der Waals surface area contributed by atoms with Crippen LogP contribution < -0.4 is 11.1 Å². The minimum atomic E-state index is -0.625. The molecule has 0 spiro atoms. The summed E-state index contributed by atoms with van der Waals surface area (Å²) >= 11 is 6.19. The van der Waals surface area contributed by atoms with Gasteiger partial charge in [-0.25, -0.2) is 0 Å². The molecule has 1 fully saturated rings. The van der Waals surface area contributed by atoms with Gasteiger partial charge in [0.25, 0.3) is 5.91 Å². The molecule has 118 valence electrons. The van der Waals surface area contributed by atoms with Crippen molar-refractivity contribution in [3.8, 4) is 0 Å². The van der Waals surface area contributed by atoms with Crippen molar-refractivity contribution in [2.45, 2.75) is 32.0 Å². The maximum atomic E-state index is 12.5. The molecule has 0 bridgehead atoms. The number of nitrogens with zero attached hydrogens (tertiary/aromatic N) is 1. The van der Waals surface area contributed by atoms with E-state index in [0.29, 0.717) is 29.1 Å². The lowest BCUT2D eigenvalue weighted by Gasteiger charge is -2.29. The highest BCUT2D eigenvalue weighted by Gasteiger charge is 2.39. The van der Waals surface area contributed by atoms with Gasteiger partial charge in [0.1, 0.15) is 6.04 Å². The fourth-order valence-electron chi connectivity index (χ4n) is 2.79. The molecule has 2 aliphatic rings. The highest BCUT2D eigenvalue weighted by atomic mass is 35.5. The van der Waals surface area contributed by atoms with Crippen molar-refractivity contribution >= 4 is 41.7 Å². The van der Waals surface area contributed by atoms with Gasteiger partial charge in [0.05, 0.1) is 0 Å². The minimum Gasteiger partial charge on any atom is -0.326 e. The second kappa shape index (κ2) is 6.24. The number of carbonyl (C=O) groups is 3. The van der Waals surface area contributed by atoms with Crippen LogP contribution in [-0.2, 0) is 22.7 Å². The molecule has 22 heavy (non-hydrogen) atoms. The molecule has 0 saturated carbocycles. The number of nitrogens with two attached hydrogens (primary N) is 1. The summed E-state index contributed by atoms with van der Waals surface area (Å²) in [5, 5.41) is 2.75. The zero-order valence-corrected chi connectivity index (χ0v) is 13.2. The molecule has 0 radical (unpaired) electrons. The van der Waals surface area contributed by atoms with E-state index in [2.05, 4.69) is 5.32 Å². The second-order valence-electron chi connectivity index (χ2n) is 5.21. The number of amides is 3. The molecule has 2 heterocycles. The lowest BCUT2D eigenvalue weighted by atomic mass is 10.0. The van der Waals surface area contributed by atoms with E-state index >= 15 is 0 Å². The van der Waals surface area contributed by atoms with Crippen molar-refractivity contribution in [3.63, 3.8) is 0 Å². The van der Waals surface area contributed by atoms with E-state index in [0.717, 1.165) is 5.56 Å². The second-order valence-corrected chi connectivity index (χ2v) is 5.62. The molecule has 6 nitrogen and oxygen atoms in total. The largest absolute Gasteiger partial charge is 0.326 e. The van der Waals surface area contributed by atoms with Crippen LogP contribution in [0.15, 0.2) is 12.1 Å². The number of benzene rings is 1. The van der Waals surface area contributed by atoms with Crippen molar-refractivity contribution in [1.82, 2.24) is 10.2 Å². The van der Waals surface area contributed by atoms with Crippen molar-refractivity contribution in [1.29, 1.82) is 0 Å². The van der Waals surface area contributed by atoms with Gasteiger partial charge in [-0.1, -0.05) is 11.6 Å². The Morgan fingerprint density at radius 1 is 1.32 bits per heavy atom. The third-order valence-corrected chi connectivity index (χ3v) is 4.23. The monoisotopic (exact) mass is 343 g/mol. The van der Waals surface area contributed by atoms with E-state index in [-0.39, 0.29) is 37.2 Å². The van der Waals surface area contributed by atoms with Crippen LogP contribution in [0.25, 0.3) is 0 Å². The Labute approximate surface area is 138 Å². The topological polar surface area (TPSA) is 92.5 Å². The summed E-state index contributed by atoms with van der Waals surface area (Å²) in [5.41, 5.74) is 7.57. The standard InChI is InChI=1S/C14H14ClN3O3.ClH/c15-10-4-7(5-16)3-8-9(10)6-18(14(8)21)11-1-2-12(19)17-13(11)20;/h3-4,11H,1-2,5-6,16H2,(H,17,19,20);1H. The highest BCUT2D eigenvalue weighted by molar-refractivity contribution is 6.32. The van der Waals surface area contributed by atoms with Crippen molar-refractivity contribution in [2.75, 3.05) is 0 Å². The fraction of sp³-hybridized carbons (Fsp3) is 0.357. The Balaban J connectivity index is 0.00000176. The van der Waals surface area contributed by atoms with Crippen LogP contribution in [-0.4, -0.2) is 28.7 Å². The maximum absolute atomic E-state index is 12.5. The number of nitrogens with one attached hydrogen (secondary N) is 1. The molecule has 1 aromatic carbocycles. The quantitative estimate of drug-likeness (QED) is 0.783. The third kappa shape index (κ3) is 2.69. The summed E-state index contributed by atoms with van der Waals surface area (Å²) in [6.45, 7) is 0.572. The van der Waals surface area contributed by atoms with Crippen LogP contribution in [0, 0.1) is 0 Å². The van der Waals surface area contributed by atoms with E-state index in [4.69, 9.17) is 17.3 Å². The molecule has 1 unspecified atom stereocenters. The van der Waals surface area contributed by atoms with Crippen LogP contribution >= 0.6 is 24.0 Å². The molecule has 8 heteroatoms. The van der Waals surface area contributed by atoms with E-state index in [1.165, 1.54) is 4.90 Å². The first-order chi connectivity index (χ1) is 10.0. The maximum Gasteiger partial charge on any atom is 0.255 e. The predicted molar refractivity (Wildman–Crippen MR) is 82.6 cm³/mol. The molecular weight excluding hydrogens is 329 g/mol. The first kappa shape index (κ1) is 16.7. The highest BCUT2D eigenvalue weighted by Crippen LogP contribution is 2.33. The number of piperidine rings is 1. The molecule has 0 aliphatic carbocycles. The molecule has 3 amide bonds. The van der Waals surface area contributed by atoms with Crippen molar-refractivity contribution in [2.24, 2.45) is 5.73 Å². The van der Waals surface area contributed by atoms with Gasteiger partial charge < -0.3 is 10.6 Å². The number of carbonyl (C=O) groups excluding carboxylic acids is 3. The van der Waals surface area contributed by atoms with Gasteiger partial charge in [-0.2, -0.15) is 0 Å². The number of fused-ring (bicyclic) bond motifs is 1. The lowest BCUT2D eigenvalue weighted by molar-refractivity contribution is -0.136. The Morgan fingerprint density at radius 3 is 2.68 bits per heavy atom. The van der Waals surface area contributed by atoms with Crippen molar-refractivity contribution < 1.29 is 14.4 Å². The normalized spacial score (nSPS) is 20.5. The molecule has 2 aliphatic heterocycles. The number of hydrogen-bond acceptors (Lipinski definition) is 4. The Hall–Kier alpha value is -1.63. The van der Waals surface area contributed by atoms with Crippen LogP contribution in [0.1, 0.15) is 34.3 Å². The number of imide groups is 1. The van der Waals surface area contributed by atoms with Gasteiger partial charge in [-0.15, -0.1) is 12.4 Å². The first-order valence-electron chi connectivity index (χ1n) is 6.67. The van der Waals surface area contributed by atoms with Crippen molar-refractivity contribution in [3.05, 3.63) is 33.8 Å². The Bertz CT molecular complexity index is 663. The first-order valence-corrected chi connectivity index (χ1v) is 7.05. The molecule has 1 aromatic rings. The molecule has 1 atom stereocenters. The Morgan fingerprint density at radius 2 is 2.05 bits per heavy atom. The molecule has 3 rings (SSSR count). The van der Waals surface area contributed by atoms with Gasteiger partial charge in [0, 0.05) is 35.7 Å². The smallest absolute Gasteiger partial charge is 0.255 e. The zero-order chi connectivity index (χ0) is 15.1. The van der Waals surface area contributed by atoms with E-state index in [9.17, 15) is 14.4 Å². The average Bonchev–Trinajstić information content (AvgIpc) is 2.77. The minimum absolute atomic E-state index is 0. The van der Waals surface area contributed by atoms with Gasteiger partial charge in [0.2, 0.25) is 11.8 Å². The van der Waals surface area contributed by atoms with E-state index in [1.54, 1.807) is 12.1 Å². The predicted octanol–water partition coefficient (Wildman–Crippen LogP) is 0.981. The summed E-state index contributed by atoms with van der Waals surface area (Å²) in [4.78, 5) is 37.1. The number of halogens is 2. The zero-order valence-electron chi connectivity index (χ0n) is 11.6. The summed E-state index contributed by atoms with van der Waals surface area (Å²) in [6.07, 6.45) is 0.573. The van der Waals surface area contributed by atoms with Gasteiger partial charge in [0.15, 0.2) is 0 Å². The summed E-state index contributed by atoms with van der Waals surface area (Å²) in [7, 11) is 0. The van der Waals surface area contributed by atoms with Crippen LogP contribution in [0.4, 0.5) is 0 Å². The molecule has 3 N–H and O–H groups in total. The average molecular weight is 344 g/mol. The number of rotatable bonds is 2. The third-order valence-electron chi connectivity index (χ3n) is 3.90. The lowest BCUT2D eigenvalue weighted by Crippen LogP contribution is -2.52. The Kier molecular flexibility index (Phi) is 4.75. The summed E-state index contributed by atoms with van der Waals surface area (Å²) in [5.74, 6) is -0.969. The van der Waals surface area contributed by atoms with Crippen LogP contribution in [0.2, 0.25) is 5.02 Å². The molecule has 0 aromatic heterocycles. The number of hydrogen-bond donors (Lipinski definition) is 2. The molecule has 1 saturated heterocycles.